The molecule has 1 aliphatic rings. The summed E-state index contributed by atoms with van der Waals surface area (Å²) in [5.74, 6) is 1.11. The summed E-state index contributed by atoms with van der Waals surface area (Å²) in [5.41, 5.74) is 1.27. The van der Waals surface area contributed by atoms with Gasteiger partial charge in [0.15, 0.2) is 5.96 Å². The van der Waals surface area contributed by atoms with Crippen LogP contribution >= 0.6 is 0 Å². The zero-order valence-electron chi connectivity index (χ0n) is 12.9. The molecule has 2 heterocycles. The van der Waals surface area contributed by atoms with Crippen molar-refractivity contribution >= 4 is 11.9 Å². The molecule has 1 aromatic heterocycles. The van der Waals surface area contributed by atoms with Crippen LogP contribution in [0.5, 0.6) is 0 Å². The SMILES string of the molecule is CN=C(NCCC(=O)OC)N1CCC(c2cnn(C)c2)C1. The van der Waals surface area contributed by atoms with Crippen molar-refractivity contribution in [3.8, 4) is 0 Å². The summed E-state index contributed by atoms with van der Waals surface area (Å²) >= 11 is 0. The van der Waals surface area contributed by atoms with Crippen molar-refractivity contribution in [3.63, 3.8) is 0 Å². The van der Waals surface area contributed by atoms with E-state index in [0.717, 1.165) is 25.5 Å². The summed E-state index contributed by atoms with van der Waals surface area (Å²) < 4.78 is 6.46. The van der Waals surface area contributed by atoms with E-state index in [9.17, 15) is 4.79 Å². The zero-order valence-corrected chi connectivity index (χ0v) is 12.9. The number of hydrogen-bond donors (Lipinski definition) is 1. The Hall–Kier alpha value is -2.05. The number of methoxy groups -OCH3 is 1. The Morgan fingerprint density at radius 2 is 2.43 bits per heavy atom. The maximum absolute atomic E-state index is 11.1. The number of carbonyl (C=O) groups is 1. The van der Waals surface area contributed by atoms with Crippen LogP contribution in [0.2, 0.25) is 0 Å². The highest BCUT2D eigenvalue weighted by Crippen LogP contribution is 2.26. The Morgan fingerprint density at radius 1 is 1.62 bits per heavy atom. The molecule has 1 atom stereocenters. The van der Waals surface area contributed by atoms with Crippen LogP contribution in [0.1, 0.15) is 24.3 Å². The molecule has 21 heavy (non-hydrogen) atoms. The molecule has 1 aliphatic heterocycles. The second kappa shape index (κ2) is 7.10. The van der Waals surface area contributed by atoms with Crippen LogP contribution in [0.4, 0.5) is 0 Å². The molecule has 116 valence electrons. The number of guanidine groups is 1. The van der Waals surface area contributed by atoms with E-state index in [4.69, 9.17) is 0 Å². The molecule has 0 saturated carbocycles. The number of hydrogen-bond acceptors (Lipinski definition) is 4. The predicted octanol–water partition coefficient (Wildman–Crippen LogP) is 0.348. The number of aryl methyl sites for hydroxylation is 1. The Bertz CT molecular complexity index is 511. The lowest BCUT2D eigenvalue weighted by atomic mass is 10.0. The van der Waals surface area contributed by atoms with Gasteiger partial charge in [0, 0.05) is 45.8 Å². The number of nitrogens with one attached hydrogen (secondary N) is 1. The summed E-state index contributed by atoms with van der Waals surface area (Å²) in [5, 5.41) is 7.44. The number of nitrogens with zero attached hydrogens (tertiary/aromatic N) is 4. The smallest absolute Gasteiger partial charge is 0.307 e. The van der Waals surface area contributed by atoms with Gasteiger partial charge in [0.05, 0.1) is 19.7 Å². The van der Waals surface area contributed by atoms with Crippen LogP contribution in [-0.4, -0.2) is 60.4 Å². The molecule has 0 aromatic carbocycles. The highest BCUT2D eigenvalue weighted by Gasteiger charge is 2.26. The van der Waals surface area contributed by atoms with Crippen LogP contribution in [0.25, 0.3) is 0 Å². The molecule has 0 radical (unpaired) electrons. The summed E-state index contributed by atoms with van der Waals surface area (Å²) in [6.07, 6.45) is 5.43. The molecule has 1 N–H and O–H groups in total. The molecule has 2 rings (SSSR count). The van der Waals surface area contributed by atoms with Crippen molar-refractivity contribution in [3.05, 3.63) is 18.0 Å². The quantitative estimate of drug-likeness (QED) is 0.493. The third kappa shape index (κ3) is 3.96. The minimum Gasteiger partial charge on any atom is -0.469 e. The third-order valence-electron chi connectivity index (χ3n) is 3.74. The van der Waals surface area contributed by atoms with E-state index in [1.54, 1.807) is 7.05 Å². The molecular weight excluding hydrogens is 270 g/mol. The van der Waals surface area contributed by atoms with Crippen LogP contribution in [-0.2, 0) is 16.6 Å². The van der Waals surface area contributed by atoms with Gasteiger partial charge in [-0.1, -0.05) is 0 Å². The largest absolute Gasteiger partial charge is 0.469 e. The maximum atomic E-state index is 11.1. The van der Waals surface area contributed by atoms with Gasteiger partial charge in [-0.2, -0.15) is 5.10 Å². The number of carbonyl (C=O) groups excluding carboxylic acids is 1. The first-order valence-corrected chi connectivity index (χ1v) is 7.15. The lowest BCUT2D eigenvalue weighted by Gasteiger charge is -2.21. The Balaban J connectivity index is 1.85. The van der Waals surface area contributed by atoms with Crippen LogP contribution in [0, 0.1) is 0 Å². The molecule has 0 aliphatic carbocycles. The normalized spacial score (nSPS) is 18.9. The van der Waals surface area contributed by atoms with Gasteiger partial charge in [-0.25, -0.2) is 0 Å². The van der Waals surface area contributed by atoms with Gasteiger partial charge in [-0.05, 0) is 12.0 Å². The van der Waals surface area contributed by atoms with Crippen molar-refractivity contribution in [1.29, 1.82) is 0 Å². The topological polar surface area (TPSA) is 71.8 Å². The molecule has 1 aromatic rings. The van der Waals surface area contributed by atoms with Gasteiger partial charge in [-0.3, -0.25) is 14.5 Å². The molecule has 0 bridgehead atoms. The van der Waals surface area contributed by atoms with Gasteiger partial charge >= 0.3 is 5.97 Å². The van der Waals surface area contributed by atoms with Crippen molar-refractivity contribution < 1.29 is 9.53 Å². The number of esters is 1. The number of aliphatic imine (C=N–C) groups is 1. The van der Waals surface area contributed by atoms with E-state index in [1.807, 2.05) is 17.9 Å². The minimum atomic E-state index is -0.215. The van der Waals surface area contributed by atoms with Gasteiger partial charge < -0.3 is 15.0 Å². The summed E-state index contributed by atoms with van der Waals surface area (Å²) in [6, 6.07) is 0. The van der Waals surface area contributed by atoms with E-state index < -0.39 is 0 Å². The average Bonchev–Trinajstić information content (AvgIpc) is 3.12. The van der Waals surface area contributed by atoms with E-state index in [2.05, 4.69) is 31.2 Å². The second-order valence-corrected chi connectivity index (χ2v) is 5.18. The van der Waals surface area contributed by atoms with Crippen molar-refractivity contribution in [2.45, 2.75) is 18.8 Å². The Labute approximate surface area is 125 Å². The number of aromatic nitrogens is 2. The molecule has 7 heteroatoms. The van der Waals surface area contributed by atoms with Gasteiger partial charge in [0.1, 0.15) is 0 Å². The first-order valence-electron chi connectivity index (χ1n) is 7.15. The second-order valence-electron chi connectivity index (χ2n) is 5.18. The standard InChI is InChI=1S/C14H23N5O2/c1-15-14(16-6-4-13(20)21-3)19-7-5-11(10-19)12-8-17-18(2)9-12/h8-9,11H,4-7,10H2,1-3H3,(H,15,16). The number of likely N-dealkylation sites (tertiary alicyclic amines) is 1. The number of rotatable bonds is 4. The lowest BCUT2D eigenvalue weighted by molar-refractivity contribution is -0.140. The van der Waals surface area contributed by atoms with E-state index >= 15 is 0 Å². The Morgan fingerprint density at radius 3 is 3.05 bits per heavy atom. The average molecular weight is 293 g/mol. The summed E-state index contributed by atoms with van der Waals surface area (Å²) in [6.45, 7) is 2.41. The van der Waals surface area contributed by atoms with Crippen molar-refractivity contribution in [2.24, 2.45) is 12.0 Å². The third-order valence-corrected chi connectivity index (χ3v) is 3.74. The highest BCUT2D eigenvalue weighted by atomic mass is 16.5. The number of ether oxygens (including phenoxy) is 1. The first kappa shape index (κ1) is 15.3. The molecule has 0 amide bonds. The summed E-state index contributed by atoms with van der Waals surface area (Å²) in [7, 11) is 5.09. The van der Waals surface area contributed by atoms with E-state index in [1.165, 1.54) is 12.7 Å². The van der Waals surface area contributed by atoms with E-state index in [-0.39, 0.29) is 5.97 Å². The van der Waals surface area contributed by atoms with Gasteiger partial charge in [-0.15, -0.1) is 0 Å². The minimum absolute atomic E-state index is 0.215. The molecule has 1 unspecified atom stereocenters. The van der Waals surface area contributed by atoms with Crippen molar-refractivity contribution in [1.82, 2.24) is 20.0 Å². The fourth-order valence-electron chi connectivity index (χ4n) is 2.59. The molecule has 1 saturated heterocycles. The maximum Gasteiger partial charge on any atom is 0.307 e. The Kier molecular flexibility index (Phi) is 5.19. The van der Waals surface area contributed by atoms with Crippen LogP contribution < -0.4 is 5.32 Å². The molecule has 0 spiro atoms. The fraction of sp³-hybridized carbons (Fsp3) is 0.643. The first-order chi connectivity index (χ1) is 10.1. The predicted molar refractivity (Wildman–Crippen MR) is 80.1 cm³/mol. The van der Waals surface area contributed by atoms with Crippen molar-refractivity contribution in [2.75, 3.05) is 33.8 Å². The molecular formula is C14H23N5O2. The fourth-order valence-corrected chi connectivity index (χ4v) is 2.59. The summed E-state index contributed by atoms with van der Waals surface area (Å²) in [4.78, 5) is 17.6. The zero-order chi connectivity index (χ0) is 15.2. The highest BCUT2D eigenvalue weighted by molar-refractivity contribution is 5.81. The van der Waals surface area contributed by atoms with E-state index in [0.29, 0.717) is 18.9 Å². The van der Waals surface area contributed by atoms with Crippen LogP contribution in [0.3, 0.4) is 0 Å². The van der Waals surface area contributed by atoms with Gasteiger partial charge in [0.25, 0.3) is 0 Å². The molecule has 1 fully saturated rings. The lowest BCUT2D eigenvalue weighted by Crippen LogP contribution is -2.40. The van der Waals surface area contributed by atoms with Crippen LogP contribution in [0.15, 0.2) is 17.4 Å². The monoisotopic (exact) mass is 293 g/mol. The van der Waals surface area contributed by atoms with Gasteiger partial charge in [0.2, 0.25) is 0 Å². The molecule has 7 nitrogen and oxygen atoms in total.